The fourth-order valence-corrected chi connectivity index (χ4v) is 4.28. The molecule has 0 aliphatic carbocycles. The van der Waals surface area contributed by atoms with Crippen molar-refractivity contribution in [1.82, 2.24) is 0 Å². The van der Waals surface area contributed by atoms with Crippen LogP contribution in [-0.2, 0) is 20.8 Å². The molecule has 0 radical (unpaired) electrons. The zero-order valence-corrected chi connectivity index (χ0v) is 18.5. The highest BCUT2D eigenvalue weighted by Crippen LogP contribution is 2.35. The lowest BCUT2D eigenvalue weighted by atomic mass is 10.0. The zero-order valence-electron chi connectivity index (χ0n) is 17.0. The molecule has 0 bridgehead atoms. The van der Waals surface area contributed by atoms with Crippen molar-refractivity contribution in [2.45, 2.75) is 13.3 Å². The molecule has 0 N–H and O–H groups in total. The summed E-state index contributed by atoms with van der Waals surface area (Å²) in [6, 6.07) is 17.1. The summed E-state index contributed by atoms with van der Waals surface area (Å²) in [6.45, 7) is 2.14. The maximum absolute atomic E-state index is 12.2. The molecule has 1 heterocycles. The van der Waals surface area contributed by atoms with Crippen molar-refractivity contribution in [1.29, 1.82) is 0 Å². The number of methoxy groups -OCH3 is 1. The predicted molar refractivity (Wildman–Crippen MR) is 121 cm³/mol. The number of benzene rings is 2. The highest BCUT2D eigenvalue weighted by Gasteiger charge is 2.19. The molecule has 0 saturated carbocycles. The Balaban J connectivity index is 2.06. The van der Waals surface area contributed by atoms with Gasteiger partial charge >= 0.3 is 5.97 Å². The lowest BCUT2D eigenvalue weighted by molar-refractivity contribution is -0.142. The summed E-state index contributed by atoms with van der Waals surface area (Å²) in [6.07, 6.45) is 0.172. The third-order valence-electron chi connectivity index (χ3n) is 4.33. The molecule has 7 heteroatoms. The van der Waals surface area contributed by atoms with Gasteiger partial charge in [0.2, 0.25) is 0 Å². The fourth-order valence-electron chi connectivity index (χ4n) is 2.97. The van der Waals surface area contributed by atoms with E-state index in [4.69, 9.17) is 25.9 Å². The molecule has 30 heavy (non-hydrogen) atoms. The van der Waals surface area contributed by atoms with Crippen LogP contribution in [0, 0.1) is 0 Å². The second kappa shape index (κ2) is 10.3. The van der Waals surface area contributed by atoms with E-state index in [-0.39, 0.29) is 12.4 Å². The lowest BCUT2D eigenvalue weighted by Gasteiger charge is -2.05. The van der Waals surface area contributed by atoms with Crippen molar-refractivity contribution in [3.63, 3.8) is 0 Å². The van der Waals surface area contributed by atoms with Crippen LogP contribution in [0.1, 0.15) is 22.9 Å². The van der Waals surface area contributed by atoms with E-state index >= 15 is 0 Å². The minimum Gasteiger partial charge on any atom is -0.497 e. The molecule has 0 spiro atoms. The highest BCUT2D eigenvalue weighted by atomic mass is 35.5. The summed E-state index contributed by atoms with van der Waals surface area (Å²) in [5, 5.41) is 4.90. The van der Waals surface area contributed by atoms with Gasteiger partial charge in [0.25, 0.3) is 0 Å². The van der Waals surface area contributed by atoms with Gasteiger partial charge in [-0.05, 0) is 60.5 Å². The van der Waals surface area contributed by atoms with E-state index in [9.17, 15) is 4.79 Å². The first kappa shape index (κ1) is 21.9. The number of thiophene rings is 1. The third kappa shape index (κ3) is 5.20. The summed E-state index contributed by atoms with van der Waals surface area (Å²) in [4.78, 5) is 19.1. The topological polar surface area (TPSA) is 57.1 Å². The molecule has 3 rings (SSSR count). The van der Waals surface area contributed by atoms with Crippen LogP contribution in [0.5, 0.6) is 5.75 Å². The van der Waals surface area contributed by atoms with Crippen molar-refractivity contribution >= 4 is 34.6 Å². The van der Waals surface area contributed by atoms with Crippen LogP contribution in [0.2, 0.25) is 5.02 Å². The largest absolute Gasteiger partial charge is 0.497 e. The summed E-state index contributed by atoms with van der Waals surface area (Å²) in [5.41, 5.74) is 3.40. The molecule has 156 valence electrons. The van der Waals surface area contributed by atoms with E-state index in [1.54, 1.807) is 14.0 Å². The Hall–Kier alpha value is -2.83. The van der Waals surface area contributed by atoms with E-state index in [2.05, 4.69) is 5.16 Å². The smallest absolute Gasteiger partial charge is 0.310 e. The molecule has 0 aliphatic heterocycles. The molecule has 0 fully saturated rings. The number of hydrogen-bond donors (Lipinski definition) is 0. The zero-order chi connectivity index (χ0) is 21.5. The van der Waals surface area contributed by atoms with Crippen LogP contribution in [0.4, 0.5) is 0 Å². The number of esters is 1. The van der Waals surface area contributed by atoms with Crippen LogP contribution in [0.25, 0.3) is 10.4 Å². The monoisotopic (exact) mass is 443 g/mol. The molecular formula is C23H22ClNO4S. The second-order valence-electron chi connectivity index (χ2n) is 6.30. The van der Waals surface area contributed by atoms with Gasteiger partial charge in [-0.2, -0.15) is 0 Å². The summed E-state index contributed by atoms with van der Waals surface area (Å²) in [7, 11) is 3.13. The SMILES string of the molecule is CCOC(=O)Cc1cc(/C(=N/OC)c2ccc(OC)cc2)sc1-c1ccc(Cl)cc1. The fraction of sp³-hybridized carbons (Fsp3) is 0.217. The Morgan fingerprint density at radius 1 is 1.07 bits per heavy atom. The second-order valence-corrected chi connectivity index (χ2v) is 7.79. The Bertz CT molecular complexity index is 1030. The van der Waals surface area contributed by atoms with Crippen molar-refractivity contribution in [2.75, 3.05) is 20.8 Å². The van der Waals surface area contributed by atoms with Gasteiger partial charge in [0.15, 0.2) is 0 Å². The molecule has 3 aromatic rings. The molecule has 0 atom stereocenters. The lowest BCUT2D eigenvalue weighted by Crippen LogP contribution is -2.07. The molecule has 0 saturated heterocycles. The van der Waals surface area contributed by atoms with Gasteiger partial charge in [-0.1, -0.05) is 28.9 Å². The Labute approximate surface area is 184 Å². The number of hydrogen-bond acceptors (Lipinski definition) is 6. The predicted octanol–water partition coefficient (Wildman–Crippen LogP) is 5.58. The van der Waals surface area contributed by atoms with Crippen LogP contribution in [0.3, 0.4) is 0 Å². The normalized spacial score (nSPS) is 11.3. The number of rotatable bonds is 8. The van der Waals surface area contributed by atoms with Gasteiger partial charge in [0.1, 0.15) is 18.6 Å². The third-order valence-corrected chi connectivity index (χ3v) is 5.82. The first-order valence-corrected chi connectivity index (χ1v) is 10.5. The number of halogens is 1. The van der Waals surface area contributed by atoms with Gasteiger partial charge < -0.3 is 14.3 Å². The van der Waals surface area contributed by atoms with E-state index in [1.807, 2.05) is 54.6 Å². The summed E-state index contributed by atoms with van der Waals surface area (Å²) < 4.78 is 10.4. The average molecular weight is 444 g/mol. The maximum Gasteiger partial charge on any atom is 0.310 e. The van der Waals surface area contributed by atoms with Crippen LogP contribution >= 0.6 is 22.9 Å². The first-order valence-electron chi connectivity index (χ1n) is 9.36. The van der Waals surface area contributed by atoms with Crippen molar-refractivity contribution in [3.05, 3.63) is 75.6 Å². The molecule has 5 nitrogen and oxygen atoms in total. The standard InChI is InChI=1S/C23H22ClNO4S/c1-4-29-21(26)14-17-13-20(30-23(17)16-5-9-18(24)10-6-16)22(25-28-3)15-7-11-19(27-2)12-8-15/h5-13H,4,14H2,1-3H3/b25-22+. The quantitative estimate of drug-likeness (QED) is 0.259. The van der Waals surface area contributed by atoms with E-state index < -0.39 is 0 Å². The van der Waals surface area contributed by atoms with Crippen molar-refractivity contribution in [2.24, 2.45) is 5.16 Å². The van der Waals surface area contributed by atoms with E-state index in [0.717, 1.165) is 32.2 Å². The van der Waals surface area contributed by atoms with Crippen LogP contribution in [0.15, 0.2) is 59.8 Å². The number of nitrogens with zero attached hydrogens (tertiary/aromatic N) is 1. The van der Waals surface area contributed by atoms with Gasteiger partial charge in [0, 0.05) is 15.5 Å². The van der Waals surface area contributed by atoms with E-state index in [0.29, 0.717) is 17.3 Å². The summed E-state index contributed by atoms with van der Waals surface area (Å²) in [5.74, 6) is 0.485. The average Bonchev–Trinajstić information content (AvgIpc) is 3.16. The molecule has 0 amide bonds. The molecule has 0 unspecified atom stereocenters. The van der Waals surface area contributed by atoms with Gasteiger partial charge in [-0.3, -0.25) is 4.79 Å². The number of carbonyl (C=O) groups is 1. The number of ether oxygens (including phenoxy) is 2. The summed E-state index contributed by atoms with van der Waals surface area (Å²) >= 11 is 7.59. The van der Waals surface area contributed by atoms with Gasteiger partial charge in [-0.15, -0.1) is 11.3 Å². The molecular weight excluding hydrogens is 422 g/mol. The minimum absolute atomic E-state index is 0.172. The number of oxime groups is 1. The van der Waals surface area contributed by atoms with Gasteiger partial charge in [0.05, 0.1) is 25.0 Å². The molecule has 2 aromatic carbocycles. The minimum atomic E-state index is -0.272. The molecule has 0 aliphatic rings. The van der Waals surface area contributed by atoms with Crippen LogP contribution < -0.4 is 4.74 Å². The number of carbonyl (C=O) groups excluding carboxylic acids is 1. The van der Waals surface area contributed by atoms with Crippen molar-refractivity contribution in [3.8, 4) is 16.2 Å². The maximum atomic E-state index is 12.2. The van der Waals surface area contributed by atoms with Gasteiger partial charge in [-0.25, -0.2) is 0 Å². The van der Waals surface area contributed by atoms with E-state index in [1.165, 1.54) is 18.4 Å². The molecule has 1 aromatic heterocycles. The Kier molecular flexibility index (Phi) is 7.49. The first-order chi connectivity index (χ1) is 14.5. The highest BCUT2D eigenvalue weighted by molar-refractivity contribution is 7.17. The van der Waals surface area contributed by atoms with Crippen LogP contribution in [-0.4, -0.2) is 32.5 Å². The van der Waals surface area contributed by atoms with Crippen molar-refractivity contribution < 1.29 is 19.1 Å². The Morgan fingerprint density at radius 3 is 2.37 bits per heavy atom. The Morgan fingerprint density at radius 2 is 1.77 bits per heavy atom.